The minimum atomic E-state index is -0.0212. The molecule has 3 nitrogen and oxygen atoms in total. The van der Waals surface area contributed by atoms with Gasteiger partial charge in [-0.2, -0.15) is 0 Å². The maximum absolute atomic E-state index is 5.41. The second-order valence-corrected chi connectivity index (χ2v) is 5.78. The molecule has 1 N–H and O–H groups in total. The number of nitrogens with one attached hydrogen (secondary N) is 1. The molecule has 0 spiro atoms. The van der Waals surface area contributed by atoms with E-state index in [1.165, 1.54) is 0 Å². The Labute approximate surface area is 102 Å². The van der Waals surface area contributed by atoms with Crippen LogP contribution in [0.15, 0.2) is 0 Å². The Morgan fingerprint density at radius 3 is 2.19 bits per heavy atom. The van der Waals surface area contributed by atoms with Gasteiger partial charge >= 0.3 is 0 Å². The molecule has 0 aliphatic rings. The van der Waals surface area contributed by atoms with E-state index in [9.17, 15) is 0 Å². The van der Waals surface area contributed by atoms with Crippen LogP contribution in [-0.4, -0.2) is 50.8 Å². The SMILES string of the molecule is COC(C)(C)CCNC(CN(C)C)C(C)C. The van der Waals surface area contributed by atoms with Crippen molar-refractivity contribution in [3.63, 3.8) is 0 Å². The lowest BCUT2D eigenvalue weighted by molar-refractivity contribution is 0.0148. The van der Waals surface area contributed by atoms with Crippen molar-refractivity contribution in [2.45, 2.75) is 45.8 Å². The summed E-state index contributed by atoms with van der Waals surface area (Å²) in [6.45, 7) is 10.9. The average Bonchev–Trinajstić information content (AvgIpc) is 2.15. The van der Waals surface area contributed by atoms with Crippen LogP contribution >= 0.6 is 0 Å². The summed E-state index contributed by atoms with van der Waals surface area (Å²) in [5, 5.41) is 3.62. The number of hydrogen-bond acceptors (Lipinski definition) is 3. The van der Waals surface area contributed by atoms with Crippen LogP contribution in [0.3, 0.4) is 0 Å². The van der Waals surface area contributed by atoms with E-state index in [1.807, 2.05) is 0 Å². The van der Waals surface area contributed by atoms with Crippen LogP contribution in [-0.2, 0) is 4.74 Å². The fourth-order valence-electron chi connectivity index (χ4n) is 1.57. The lowest BCUT2D eigenvalue weighted by atomic mass is 10.0. The van der Waals surface area contributed by atoms with E-state index in [-0.39, 0.29) is 5.60 Å². The molecule has 98 valence electrons. The van der Waals surface area contributed by atoms with Gasteiger partial charge in [-0.05, 0) is 46.8 Å². The van der Waals surface area contributed by atoms with Crippen LogP contribution in [0.5, 0.6) is 0 Å². The molecular formula is C13H30N2O. The molecule has 1 unspecified atom stereocenters. The van der Waals surface area contributed by atoms with Gasteiger partial charge in [-0.25, -0.2) is 0 Å². The predicted octanol–water partition coefficient (Wildman–Crippen LogP) is 1.98. The lowest BCUT2D eigenvalue weighted by Gasteiger charge is -2.28. The van der Waals surface area contributed by atoms with Crippen molar-refractivity contribution in [2.75, 3.05) is 34.3 Å². The first kappa shape index (κ1) is 15.9. The third-order valence-electron chi connectivity index (χ3n) is 3.05. The number of rotatable bonds is 8. The molecule has 1 atom stereocenters. The van der Waals surface area contributed by atoms with Crippen molar-refractivity contribution < 1.29 is 4.74 Å². The fraction of sp³-hybridized carbons (Fsp3) is 1.00. The zero-order chi connectivity index (χ0) is 12.8. The molecule has 0 fully saturated rings. The van der Waals surface area contributed by atoms with Gasteiger partial charge in [0.2, 0.25) is 0 Å². The van der Waals surface area contributed by atoms with Crippen molar-refractivity contribution in [3.8, 4) is 0 Å². The van der Waals surface area contributed by atoms with Gasteiger partial charge in [-0.3, -0.25) is 0 Å². The maximum Gasteiger partial charge on any atom is 0.0634 e. The summed E-state index contributed by atoms with van der Waals surface area (Å²) >= 11 is 0. The third kappa shape index (κ3) is 7.20. The first-order chi connectivity index (χ1) is 7.28. The van der Waals surface area contributed by atoms with Crippen LogP contribution in [0.4, 0.5) is 0 Å². The molecule has 0 radical (unpaired) electrons. The first-order valence-corrected chi connectivity index (χ1v) is 6.22. The highest BCUT2D eigenvalue weighted by molar-refractivity contribution is 4.76. The molecule has 0 heterocycles. The Balaban J connectivity index is 3.94. The normalized spacial score (nSPS) is 14.8. The van der Waals surface area contributed by atoms with E-state index in [0.29, 0.717) is 12.0 Å². The predicted molar refractivity (Wildman–Crippen MR) is 70.9 cm³/mol. The number of ether oxygens (including phenoxy) is 1. The smallest absolute Gasteiger partial charge is 0.0634 e. The van der Waals surface area contributed by atoms with Crippen LogP contribution in [0.2, 0.25) is 0 Å². The Morgan fingerprint density at radius 1 is 1.25 bits per heavy atom. The van der Waals surface area contributed by atoms with Gasteiger partial charge in [0.1, 0.15) is 0 Å². The average molecular weight is 230 g/mol. The molecular weight excluding hydrogens is 200 g/mol. The van der Waals surface area contributed by atoms with Crippen molar-refractivity contribution in [1.82, 2.24) is 10.2 Å². The molecule has 0 amide bonds. The van der Waals surface area contributed by atoms with Crippen molar-refractivity contribution in [3.05, 3.63) is 0 Å². The summed E-state index contributed by atoms with van der Waals surface area (Å²) in [6, 6.07) is 0.558. The molecule has 0 aromatic rings. The van der Waals surface area contributed by atoms with Gasteiger partial charge in [0, 0.05) is 19.7 Å². The molecule has 0 saturated heterocycles. The zero-order valence-corrected chi connectivity index (χ0v) is 12.1. The Bertz CT molecular complexity index is 179. The van der Waals surface area contributed by atoms with Gasteiger partial charge in [-0.1, -0.05) is 13.8 Å². The number of methoxy groups -OCH3 is 1. The number of hydrogen-bond donors (Lipinski definition) is 1. The summed E-state index contributed by atoms with van der Waals surface area (Å²) in [5.41, 5.74) is -0.0212. The van der Waals surface area contributed by atoms with E-state index in [0.717, 1.165) is 19.5 Å². The maximum atomic E-state index is 5.41. The van der Waals surface area contributed by atoms with Crippen LogP contribution in [0.1, 0.15) is 34.1 Å². The first-order valence-electron chi connectivity index (χ1n) is 6.22. The molecule has 0 aromatic carbocycles. The monoisotopic (exact) mass is 230 g/mol. The highest BCUT2D eigenvalue weighted by Crippen LogP contribution is 2.12. The van der Waals surface area contributed by atoms with E-state index in [4.69, 9.17) is 4.74 Å². The summed E-state index contributed by atoms with van der Waals surface area (Å²) < 4.78 is 5.41. The topological polar surface area (TPSA) is 24.5 Å². The summed E-state index contributed by atoms with van der Waals surface area (Å²) in [5.74, 6) is 0.660. The summed E-state index contributed by atoms with van der Waals surface area (Å²) in [4.78, 5) is 2.24. The van der Waals surface area contributed by atoms with Gasteiger partial charge in [-0.15, -0.1) is 0 Å². The van der Waals surface area contributed by atoms with Crippen molar-refractivity contribution in [1.29, 1.82) is 0 Å². The largest absolute Gasteiger partial charge is 0.379 e. The van der Waals surface area contributed by atoms with Crippen molar-refractivity contribution >= 4 is 0 Å². The summed E-state index contributed by atoms with van der Waals surface area (Å²) in [6.07, 6.45) is 1.04. The van der Waals surface area contributed by atoms with Crippen LogP contribution in [0, 0.1) is 5.92 Å². The van der Waals surface area contributed by atoms with E-state index in [1.54, 1.807) is 7.11 Å². The Hall–Kier alpha value is -0.120. The Morgan fingerprint density at radius 2 is 1.81 bits per heavy atom. The highest BCUT2D eigenvalue weighted by atomic mass is 16.5. The van der Waals surface area contributed by atoms with Gasteiger partial charge in [0.05, 0.1) is 5.60 Å². The summed E-state index contributed by atoms with van der Waals surface area (Å²) in [7, 11) is 6.02. The standard InChI is InChI=1S/C13H30N2O/c1-11(2)12(10-15(5)6)14-9-8-13(3,4)16-7/h11-12,14H,8-10H2,1-7H3. The molecule has 0 aromatic heterocycles. The second-order valence-electron chi connectivity index (χ2n) is 5.78. The van der Waals surface area contributed by atoms with E-state index in [2.05, 4.69) is 52.0 Å². The highest BCUT2D eigenvalue weighted by Gasteiger charge is 2.18. The minimum absolute atomic E-state index is 0.0212. The molecule has 3 heteroatoms. The molecule has 0 saturated carbocycles. The minimum Gasteiger partial charge on any atom is -0.379 e. The third-order valence-corrected chi connectivity index (χ3v) is 3.05. The second kappa shape index (κ2) is 7.25. The van der Waals surface area contributed by atoms with Gasteiger partial charge in [0.25, 0.3) is 0 Å². The van der Waals surface area contributed by atoms with Crippen LogP contribution < -0.4 is 5.32 Å². The van der Waals surface area contributed by atoms with E-state index < -0.39 is 0 Å². The fourth-order valence-corrected chi connectivity index (χ4v) is 1.57. The molecule has 0 bridgehead atoms. The van der Waals surface area contributed by atoms with Crippen molar-refractivity contribution in [2.24, 2.45) is 5.92 Å². The molecule has 0 rings (SSSR count). The van der Waals surface area contributed by atoms with Gasteiger partial charge in [0.15, 0.2) is 0 Å². The number of nitrogens with zero attached hydrogens (tertiary/aromatic N) is 1. The molecule has 16 heavy (non-hydrogen) atoms. The lowest BCUT2D eigenvalue weighted by Crippen LogP contribution is -2.43. The molecule has 0 aliphatic carbocycles. The Kier molecular flexibility index (Phi) is 7.20. The number of likely N-dealkylation sites (N-methyl/N-ethyl adjacent to an activating group) is 1. The molecule has 0 aliphatic heterocycles. The van der Waals surface area contributed by atoms with E-state index >= 15 is 0 Å². The van der Waals surface area contributed by atoms with Crippen LogP contribution in [0.25, 0.3) is 0 Å². The zero-order valence-electron chi connectivity index (χ0n) is 12.1. The van der Waals surface area contributed by atoms with Gasteiger partial charge < -0.3 is 15.0 Å². The quantitative estimate of drug-likeness (QED) is 0.690.